The molecule has 1 unspecified atom stereocenters. The summed E-state index contributed by atoms with van der Waals surface area (Å²) in [6, 6.07) is 29.4. The Labute approximate surface area is 232 Å². The third kappa shape index (κ3) is 7.24. The maximum Gasteiger partial charge on any atom is 2.00 e. The van der Waals surface area contributed by atoms with E-state index >= 15 is 0 Å². The van der Waals surface area contributed by atoms with Crippen molar-refractivity contribution in [2.75, 3.05) is 28.2 Å². The topological polar surface area (TPSA) is 28.2 Å². The molecule has 34 heavy (non-hydrogen) atoms. The van der Waals surface area contributed by atoms with Crippen LogP contribution in [0, 0.1) is 0 Å². The molecule has 3 aromatic carbocycles. The second kappa shape index (κ2) is 15.5. The molecular weight excluding hydrogens is 598 g/mol. The van der Waals surface area contributed by atoms with Crippen molar-refractivity contribution in [2.45, 2.75) is 10.4 Å². The molecule has 0 spiro atoms. The fourth-order valence-electron chi connectivity index (χ4n) is 4.27. The van der Waals surface area contributed by atoms with Gasteiger partial charge >= 0.3 is 195 Å². The molecule has 2 aliphatic rings. The smallest absolute Gasteiger partial charge is 0.668 e. The number of benzene rings is 3. The number of allylic oxidation sites excluding steroid dienone is 5. The largest absolute Gasteiger partial charge is 2.00 e. The van der Waals surface area contributed by atoms with E-state index in [1.165, 1.54) is 22.3 Å². The van der Waals surface area contributed by atoms with Crippen molar-refractivity contribution in [3.8, 4) is 0 Å². The van der Waals surface area contributed by atoms with Crippen molar-refractivity contribution in [1.82, 2.24) is 0 Å². The summed E-state index contributed by atoms with van der Waals surface area (Å²) >= 11 is -2.24. The van der Waals surface area contributed by atoms with E-state index in [2.05, 4.69) is 120 Å². The molecule has 5 rings (SSSR count). The van der Waals surface area contributed by atoms with Crippen molar-refractivity contribution < 1.29 is 26.2 Å². The van der Waals surface area contributed by atoms with E-state index < -0.39 is 19.8 Å². The molecular formula is C30H33N2SnZr. The summed E-state index contributed by atoms with van der Waals surface area (Å²) in [5, 5.41) is 7.00. The Morgan fingerprint density at radius 1 is 0.765 bits per heavy atom. The Kier molecular flexibility index (Phi) is 13.1. The van der Waals surface area contributed by atoms with Crippen molar-refractivity contribution in [2.24, 2.45) is 0 Å². The maximum atomic E-state index is 3.50. The average Bonchev–Trinajstić information content (AvgIpc) is 3.53. The van der Waals surface area contributed by atoms with Crippen molar-refractivity contribution in [1.29, 1.82) is 0 Å². The zero-order chi connectivity index (χ0) is 23.5. The Balaban J connectivity index is 0.000000532. The predicted octanol–water partition coefficient (Wildman–Crippen LogP) is 6.23. The summed E-state index contributed by atoms with van der Waals surface area (Å²) in [5.41, 5.74) is 5.85. The molecule has 0 fully saturated rings. The summed E-state index contributed by atoms with van der Waals surface area (Å²) in [5.74, 6) is 0. The molecule has 0 aliphatic heterocycles. The summed E-state index contributed by atoms with van der Waals surface area (Å²) in [7, 11) is 7.00. The fraction of sp³-hybridized carbons (Fsp3) is 0.200. The molecule has 2 aliphatic carbocycles. The summed E-state index contributed by atoms with van der Waals surface area (Å²) in [6.07, 6.45) is 12.6. The standard InChI is InChI=1S/C11H9.C9H7.C6H5.2C2H6N.Sn.Zr/c1-2-6-10(7-3-1)11-8-4-5-9-11;1-2-5-9-7-3-6-8(9)4-1;1-2-4-6-5-3-1;2*1-3-2;;/h1-6,8H,9H2;1-7H;1-5H;2*1-2H3;;/q;;;2*-1;;+2. The Bertz CT molecular complexity index is 1100. The Morgan fingerprint density at radius 2 is 1.38 bits per heavy atom. The molecule has 0 bridgehead atoms. The van der Waals surface area contributed by atoms with Gasteiger partial charge in [0.05, 0.1) is 0 Å². The van der Waals surface area contributed by atoms with E-state index in [1.54, 1.807) is 35.3 Å². The minimum absolute atomic E-state index is 0. The van der Waals surface area contributed by atoms with Crippen LogP contribution in [0.2, 0.25) is 0 Å². The van der Waals surface area contributed by atoms with Crippen LogP contribution in [-0.2, 0) is 26.2 Å². The number of hydrogen-bond donors (Lipinski definition) is 0. The van der Waals surface area contributed by atoms with Gasteiger partial charge in [-0.15, -0.1) is 0 Å². The molecule has 171 valence electrons. The van der Waals surface area contributed by atoms with Crippen LogP contribution in [0.25, 0.3) is 22.3 Å². The van der Waals surface area contributed by atoms with Gasteiger partial charge in [0.2, 0.25) is 0 Å². The first-order valence-corrected chi connectivity index (χ1v) is 15.9. The molecule has 3 aromatic rings. The van der Waals surface area contributed by atoms with Crippen LogP contribution >= 0.6 is 0 Å². The van der Waals surface area contributed by atoms with Crippen molar-refractivity contribution in [3.63, 3.8) is 0 Å². The molecule has 0 N–H and O–H groups in total. The second-order valence-electron chi connectivity index (χ2n) is 8.01. The first-order chi connectivity index (χ1) is 16.2. The van der Waals surface area contributed by atoms with Crippen molar-refractivity contribution >= 4 is 38.6 Å². The van der Waals surface area contributed by atoms with Gasteiger partial charge in [0.25, 0.3) is 0 Å². The Hall–Kier alpha value is -1.52. The third-order valence-electron chi connectivity index (χ3n) is 5.53. The van der Waals surface area contributed by atoms with Gasteiger partial charge in [-0.1, -0.05) is 0 Å². The second-order valence-corrected chi connectivity index (χ2v) is 15.3. The molecule has 1 atom stereocenters. The third-order valence-corrected chi connectivity index (χ3v) is 14.4. The van der Waals surface area contributed by atoms with Crippen LogP contribution < -0.4 is 7.16 Å². The van der Waals surface area contributed by atoms with E-state index in [9.17, 15) is 0 Å². The zero-order valence-corrected chi connectivity index (χ0v) is 25.9. The number of fused-ring (bicyclic) bond motifs is 1. The SMILES string of the molecule is C1=CCC(c2cccc[c]2[Sn]([c]2ccccc2)[CH]2C=Cc3ccccc32)=C1.C[N-]C.C[N-]C.[Zr+2]. The van der Waals surface area contributed by atoms with E-state index in [0.717, 1.165) is 6.42 Å². The van der Waals surface area contributed by atoms with Gasteiger partial charge in [-0.3, -0.25) is 0 Å². The number of hydrogen-bond acceptors (Lipinski definition) is 0. The van der Waals surface area contributed by atoms with Gasteiger partial charge in [-0.25, -0.2) is 0 Å². The Morgan fingerprint density at radius 3 is 2.06 bits per heavy atom. The summed E-state index contributed by atoms with van der Waals surface area (Å²) in [6.45, 7) is 0. The van der Waals surface area contributed by atoms with Crippen molar-refractivity contribution in [3.05, 3.63) is 130 Å². The molecule has 0 saturated carbocycles. The van der Waals surface area contributed by atoms with E-state index in [4.69, 9.17) is 0 Å². The number of rotatable bonds is 4. The summed E-state index contributed by atoms with van der Waals surface area (Å²) < 4.78 is 3.75. The van der Waals surface area contributed by atoms with E-state index in [0.29, 0.717) is 3.93 Å². The van der Waals surface area contributed by atoms with Crippen LogP contribution in [0.15, 0.2) is 103 Å². The molecule has 0 heterocycles. The van der Waals surface area contributed by atoms with Crippen LogP contribution in [0.4, 0.5) is 0 Å². The molecule has 4 heteroatoms. The summed E-state index contributed by atoms with van der Waals surface area (Å²) in [4.78, 5) is 0. The molecule has 0 aromatic heterocycles. The predicted molar refractivity (Wildman–Crippen MR) is 148 cm³/mol. The maximum absolute atomic E-state index is 3.50. The first kappa shape index (κ1) is 28.7. The number of nitrogens with zero attached hydrogens (tertiary/aromatic N) is 2. The van der Waals surface area contributed by atoms with Gasteiger partial charge < -0.3 is 10.6 Å². The molecule has 0 saturated heterocycles. The molecule has 2 nitrogen and oxygen atoms in total. The minimum Gasteiger partial charge on any atom is -0.668 e. The minimum atomic E-state index is -2.24. The monoisotopic (exact) mass is 631 g/mol. The van der Waals surface area contributed by atoms with Crippen LogP contribution in [0.5, 0.6) is 0 Å². The van der Waals surface area contributed by atoms with Crippen LogP contribution in [0.3, 0.4) is 0 Å². The molecule has 1 radical (unpaired) electrons. The van der Waals surface area contributed by atoms with E-state index in [1.807, 2.05) is 0 Å². The fourth-order valence-corrected chi connectivity index (χ4v) is 13.5. The van der Waals surface area contributed by atoms with Gasteiger partial charge in [-0.05, 0) is 0 Å². The zero-order valence-electron chi connectivity index (χ0n) is 20.6. The average molecular weight is 632 g/mol. The van der Waals surface area contributed by atoms with Gasteiger partial charge in [-0.2, -0.15) is 28.2 Å². The van der Waals surface area contributed by atoms with Crippen LogP contribution in [-0.4, -0.2) is 48.0 Å². The van der Waals surface area contributed by atoms with Gasteiger partial charge in [0, 0.05) is 0 Å². The first-order valence-electron chi connectivity index (χ1n) is 11.4. The van der Waals surface area contributed by atoms with E-state index in [-0.39, 0.29) is 26.2 Å². The normalized spacial score (nSPS) is 14.9. The van der Waals surface area contributed by atoms with Gasteiger partial charge in [0.1, 0.15) is 0 Å². The quantitative estimate of drug-likeness (QED) is 0.306. The van der Waals surface area contributed by atoms with Crippen LogP contribution in [0.1, 0.15) is 27.0 Å². The van der Waals surface area contributed by atoms with Gasteiger partial charge in [0.15, 0.2) is 0 Å². The molecule has 0 amide bonds.